The molecule has 0 spiro atoms. The lowest BCUT2D eigenvalue weighted by Crippen LogP contribution is -2.33. The number of nitrogens with one attached hydrogen (secondary N) is 1. The van der Waals surface area contributed by atoms with Gasteiger partial charge in [0.1, 0.15) is 5.00 Å². The van der Waals surface area contributed by atoms with Crippen LogP contribution in [0.1, 0.15) is 17.4 Å². The Labute approximate surface area is 94.2 Å². The van der Waals surface area contributed by atoms with Crippen LogP contribution in [0.25, 0.3) is 0 Å². The van der Waals surface area contributed by atoms with E-state index in [1.807, 2.05) is 6.92 Å². The van der Waals surface area contributed by atoms with Crippen LogP contribution in [0, 0.1) is 13.8 Å². The zero-order valence-electron chi connectivity index (χ0n) is 8.98. The minimum Gasteiger partial charge on any atom is -0.381 e. The van der Waals surface area contributed by atoms with Crippen LogP contribution < -0.4 is 5.32 Å². The highest BCUT2D eigenvalue weighted by Gasteiger charge is 2.22. The molecular formula is C10H16ClNOS. The Balaban J connectivity index is 2.77. The van der Waals surface area contributed by atoms with Gasteiger partial charge in [-0.1, -0.05) is 11.6 Å². The molecular weight excluding hydrogens is 218 g/mol. The molecule has 1 aromatic heterocycles. The first-order valence-corrected chi connectivity index (χ1v) is 5.73. The summed E-state index contributed by atoms with van der Waals surface area (Å²) in [5.41, 5.74) is 2.36. The first-order chi connectivity index (χ1) is 6.46. The molecule has 0 saturated heterocycles. The summed E-state index contributed by atoms with van der Waals surface area (Å²) < 4.78 is 5.04. The van der Waals surface area contributed by atoms with Crippen molar-refractivity contribution in [2.75, 3.05) is 19.0 Å². The largest absolute Gasteiger partial charge is 0.381 e. The summed E-state index contributed by atoms with van der Waals surface area (Å²) in [6.45, 7) is 6.54. The SMILES string of the molecule is COC[C@](C)(Cl)Nc1c(C)csc1C. The van der Waals surface area contributed by atoms with Gasteiger partial charge in [-0.15, -0.1) is 11.3 Å². The molecule has 1 rings (SSSR count). The summed E-state index contributed by atoms with van der Waals surface area (Å²) in [4.78, 5) is 0.719. The quantitative estimate of drug-likeness (QED) is 0.636. The van der Waals surface area contributed by atoms with Gasteiger partial charge in [0.05, 0.1) is 12.3 Å². The van der Waals surface area contributed by atoms with E-state index in [0.717, 1.165) is 5.69 Å². The molecule has 0 aromatic carbocycles. The van der Waals surface area contributed by atoms with E-state index in [2.05, 4.69) is 24.5 Å². The Morgan fingerprint density at radius 1 is 1.57 bits per heavy atom. The highest BCUT2D eigenvalue weighted by Crippen LogP contribution is 2.30. The fourth-order valence-corrected chi connectivity index (χ4v) is 2.33. The van der Waals surface area contributed by atoms with Gasteiger partial charge < -0.3 is 10.1 Å². The second-order valence-corrected chi connectivity index (χ2v) is 5.52. The van der Waals surface area contributed by atoms with Gasteiger partial charge in [-0.3, -0.25) is 0 Å². The third-order valence-corrected chi connectivity index (χ3v) is 3.19. The molecule has 0 radical (unpaired) electrons. The highest BCUT2D eigenvalue weighted by molar-refractivity contribution is 7.10. The number of hydrogen-bond acceptors (Lipinski definition) is 3. The topological polar surface area (TPSA) is 21.3 Å². The molecule has 0 aliphatic rings. The Morgan fingerprint density at radius 3 is 2.64 bits per heavy atom. The van der Waals surface area contributed by atoms with Crippen LogP contribution in [0.4, 0.5) is 5.69 Å². The smallest absolute Gasteiger partial charge is 0.133 e. The molecule has 1 aromatic rings. The Bertz CT molecular complexity index is 290. The summed E-state index contributed by atoms with van der Waals surface area (Å²) in [6.07, 6.45) is 0. The molecule has 2 nitrogen and oxygen atoms in total. The number of hydrogen-bond donors (Lipinski definition) is 1. The van der Waals surface area contributed by atoms with Crippen molar-refractivity contribution in [3.8, 4) is 0 Å². The summed E-state index contributed by atoms with van der Waals surface area (Å²) in [5.74, 6) is 0. The van der Waals surface area contributed by atoms with Crippen LogP contribution in [0.15, 0.2) is 5.38 Å². The summed E-state index contributed by atoms with van der Waals surface area (Å²) in [7, 11) is 1.65. The standard InChI is InChI=1S/C10H16ClNOS/c1-7-5-14-8(2)9(7)12-10(3,11)6-13-4/h5,12H,6H2,1-4H3/t10-/m1/s1. The van der Waals surface area contributed by atoms with Gasteiger partial charge in [0.15, 0.2) is 0 Å². The van der Waals surface area contributed by atoms with Crippen LogP contribution in [0.2, 0.25) is 0 Å². The van der Waals surface area contributed by atoms with E-state index in [1.54, 1.807) is 18.4 Å². The number of ether oxygens (including phenoxy) is 1. The first kappa shape index (κ1) is 11.8. The molecule has 0 bridgehead atoms. The Morgan fingerprint density at radius 2 is 2.21 bits per heavy atom. The van der Waals surface area contributed by atoms with Crippen molar-refractivity contribution < 1.29 is 4.74 Å². The molecule has 0 unspecified atom stereocenters. The van der Waals surface area contributed by atoms with E-state index in [9.17, 15) is 0 Å². The number of methoxy groups -OCH3 is 1. The number of thiophene rings is 1. The molecule has 80 valence electrons. The summed E-state index contributed by atoms with van der Waals surface area (Å²) >= 11 is 7.97. The van der Waals surface area contributed by atoms with E-state index in [-0.39, 0.29) is 0 Å². The third kappa shape index (κ3) is 2.87. The molecule has 0 amide bonds. The molecule has 14 heavy (non-hydrogen) atoms. The molecule has 1 heterocycles. The molecule has 1 atom stereocenters. The first-order valence-electron chi connectivity index (χ1n) is 4.47. The van der Waals surface area contributed by atoms with Crippen LogP contribution in [0.3, 0.4) is 0 Å². The van der Waals surface area contributed by atoms with Gasteiger partial charge in [0, 0.05) is 12.0 Å². The zero-order valence-corrected chi connectivity index (χ0v) is 10.6. The average molecular weight is 234 g/mol. The van der Waals surface area contributed by atoms with Gasteiger partial charge in [0.25, 0.3) is 0 Å². The van der Waals surface area contributed by atoms with Crippen molar-refractivity contribution in [2.45, 2.75) is 25.8 Å². The fourth-order valence-electron chi connectivity index (χ4n) is 1.33. The second-order valence-electron chi connectivity index (χ2n) is 3.61. The van der Waals surface area contributed by atoms with E-state index in [4.69, 9.17) is 16.3 Å². The van der Waals surface area contributed by atoms with E-state index in [1.165, 1.54) is 10.4 Å². The number of aryl methyl sites for hydroxylation is 2. The molecule has 0 aliphatic carbocycles. The lowest BCUT2D eigenvalue weighted by atomic mass is 10.2. The molecule has 1 N–H and O–H groups in total. The number of anilines is 1. The highest BCUT2D eigenvalue weighted by atomic mass is 35.5. The average Bonchev–Trinajstić information content (AvgIpc) is 2.35. The third-order valence-electron chi connectivity index (χ3n) is 1.96. The fraction of sp³-hybridized carbons (Fsp3) is 0.600. The number of rotatable bonds is 4. The van der Waals surface area contributed by atoms with Crippen molar-refractivity contribution in [2.24, 2.45) is 0 Å². The van der Waals surface area contributed by atoms with Crippen molar-refractivity contribution >= 4 is 28.6 Å². The van der Waals surface area contributed by atoms with Gasteiger partial charge >= 0.3 is 0 Å². The maximum absolute atomic E-state index is 6.24. The van der Waals surface area contributed by atoms with Crippen molar-refractivity contribution in [1.82, 2.24) is 0 Å². The lowest BCUT2D eigenvalue weighted by Gasteiger charge is -2.24. The van der Waals surface area contributed by atoms with Gasteiger partial charge in [-0.2, -0.15) is 0 Å². The summed E-state index contributed by atoms with van der Waals surface area (Å²) in [5, 5.41) is 5.41. The molecule has 0 saturated carbocycles. The van der Waals surface area contributed by atoms with Crippen LogP contribution >= 0.6 is 22.9 Å². The van der Waals surface area contributed by atoms with Crippen LogP contribution in [-0.4, -0.2) is 18.7 Å². The van der Waals surface area contributed by atoms with Crippen molar-refractivity contribution in [3.63, 3.8) is 0 Å². The molecule has 0 fully saturated rings. The van der Waals surface area contributed by atoms with Gasteiger partial charge in [-0.25, -0.2) is 0 Å². The Kier molecular flexibility index (Phi) is 3.81. The predicted octanol–water partition coefficient (Wildman–Crippen LogP) is 3.38. The molecule has 4 heteroatoms. The minimum atomic E-state index is -0.536. The summed E-state index contributed by atoms with van der Waals surface area (Å²) in [6, 6.07) is 0. The van der Waals surface area contributed by atoms with E-state index < -0.39 is 5.00 Å². The van der Waals surface area contributed by atoms with Crippen LogP contribution in [-0.2, 0) is 4.74 Å². The zero-order chi connectivity index (χ0) is 10.8. The lowest BCUT2D eigenvalue weighted by molar-refractivity contribution is 0.179. The predicted molar refractivity (Wildman–Crippen MR) is 63.5 cm³/mol. The van der Waals surface area contributed by atoms with Gasteiger partial charge in [0.2, 0.25) is 0 Å². The second kappa shape index (κ2) is 4.51. The normalized spacial score (nSPS) is 15.2. The van der Waals surface area contributed by atoms with E-state index >= 15 is 0 Å². The minimum absolute atomic E-state index is 0.475. The number of halogens is 1. The molecule has 0 aliphatic heterocycles. The van der Waals surface area contributed by atoms with E-state index in [0.29, 0.717) is 6.61 Å². The van der Waals surface area contributed by atoms with Crippen molar-refractivity contribution in [1.29, 1.82) is 0 Å². The monoisotopic (exact) mass is 233 g/mol. The van der Waals surface area contributed by atoms with Crippen LogP contribution in [0.5, 0.6) is 0 Å². The maximum atomic E-state index is 6.24. The van der Waals surface area contributed by atoms with Gasteiger partial charge in [-0.05, 0) is 31.7 Å². The van der Waals surface area contributed by atoms with Crippen molar-refractivity contribution in [3.05, 3.63) is 15.8 Å². The maximum Gasteiger partial charge on any atom is 0.133 e. The number of alkyl halides is 1. The Hall–Kier alpha value is -0.250.